The highest BCUT2D eigenvalue weighted by Crippen LogP contribution is 2.76. The van der Waals surface area contributed by atoms with Crippen molar-refractivity contribution in [1.29, 1.82) is 0 Å². The number of amides is 1. The van der Waals surface area contributed by atoms with Crippen molar-refractivity contribution in [3.63, 3.8) is 0 Å². The van der Waals surface area contributed by atoms with Crippen LogP contribution in [0, 0.1) is 45.3 Å². The summed E-state index contributed by atoms with van der Waals surface area (Å²) in [5, 5.41) is 9.18. The second kappa shape index (κ2) is 9.33. The zero-order valence-electron chi connectivity index (χ0n) is 26.0. The van der Waals surface area contributed by atoms with Crippen molar-refractivity contribution in [2.45, 2.75) is 124 Å². The number of carboxylic acid groups (broad SMARTS) is 1. The first-order valence-corrected chi connectivity index (χ1v) is 16.4. The molecule has 0 aromatic heterocycles. The van der Waals surface area contributed by atoms with Gasteiger partial charge in [0.05, 0.1) is 5.56 Å². The fourth-order valence-corrected chi connectivity index (χ4v) is 12.2. The smallest absolute Gasteiger partial charge is 0.335 e. The van der Waals surface area contributed by atoms with Crippen LogP contribution in [0.1, 0.15) is 128 Å². The summed E-state index contributed by atoms with van der Waals surface area (Å²) in [6.45, 7) is 16.3. The molecule has 1 aromatic carbocycles. The highest BCUT2D eigenvalue weighted by Gasteiger charge is 2.69. The van der Waals surface area contributed by atoms with Gasteiger partial charge < -0.3 is 10.0 Å². The van der Waals surface area contributed by atoms with Crippen LogP contribution in [0.15, 0.2) is 24.3 Å². The van der Waals surface area contributed by atoms with Gasteiger partial charge in [-0.05, 0) is 141 Å². The van der Waals surface area contributed by atoms with Crippen LogP contribution in [0.25, 0.3) is 0 Å². The summed E-state index contributed by atoms with van der Waals surface area (Å²) in [5.41, 5.74) is 2.91. The molecule has 1 amide bonds. The number of rotatable bonds is 4. The summed E-state index contributed by atoms with van der Waals surface area (Å²) in [4.78, 5) is 27.1. The highest BCUT2D eigenvalue weighted by molar-refractivity contribution is 5.87. The first-order valence-electron chi connectivity index (χ1n) is 16.4. The Kier molecular flexibility index (Phi) is 6.60. The van der Waals surface area contributed by atoms with Crippen molar-refractivity contribution in [1.82, 2.24) is 4.90 Å². The fourth-order valence-electron chi connectivity index (χ4n) is 12.2. The zero-order valence-corrected chi connectivity index (χ0v) is 26.0. The molecule has 1 heterocycles. The molecule has 0 spiro atoms. The Labute approximate surface area is 242 Å². The van der Waals surface area contributed by atoms with E-state index in [-0.39, 0.29) is 16.9 Å². The Morgan fingerprint density at radius 1 is 0.800 bits per heavy atom. The van der Waals surface area contributed by atoms with Crippen LogP contribution in [0.4, 0.5) is 0 Å². The van der Waals surface area contributed by atoms with E-state index >= 15 is 0 Å². The number of aryl methyl sites for hydroxylation is 1. The number of carboxylic acids is 1. The maximum Gasteiger partial charge on any atom is 0.335 e. The number of piperidine rings is 1. The number of hydrogen-bond acceptors (Lipinski definition) is 2. The van der Waals surface area contributed by atoms with Gasteiger partial charge >= 0.3 is 5.97 Å². The van der Waals surface area contributed by atoms with Crippen LogP contribution in [0.5, 0.6) is 0 Å². The van der Waals surface area contributed by atoms with Crippen LogP contribution in [-0.4, -0.2) is 34.0 Å². The lowest BCUT2D eigenvalue weighted by Gasteiger charge is -2.73. The third-order valence-corrected chi connectivity index (χ3v) is 14.6. The maximum atomic E-state index is 13.7. The summed E-state index contributed by atoms with van der Waals surface area (Å²) in [6.07, 6.45) is 14.8. The molecular weight excluding hydrogens is 494 g/mol. The lowest BCUT2D eigenvalue weighted by atomic mass is 9.33. The minimum Gasteiger partial charge on any atom is -0.478 e. The second-order valence-electron chi connectivity index (χ2n) is 16.3. The quantitative estimate of drug-likeness (QED) is 0.412. The Morgan fingerprint density at radius 2 is 1.52 bits per heavy atom. The number of carbonyl (C=O) groups excluding carboxylic acids is 1. The molecule has 6 unspecified atom stereocenters. The van der Waals surface area contributed by atoms with E-state index < -0.39 is 5.97 Å². The predicted octanol–water partition coefficient (Wildman–Crippen LogP) is 8.38. The van der Waals surface area contributed by atoms with Gasteiger partial charge in [-0.15, -0.1) is 0 Å². The van der Waals surface area contributed by atoms with E-state index in [2.05, 4.69) is 46.4 Å². The zero-order chi connectivity index (χ0) is 28.7. The van der Waals surface area contributed by atoms with Crippen LogP contribution < -0.4 is 0 Å². The lowest BCUT2D eigenvalue weighted by Crippen LogP contribution is -2.69. The monoisotopic (exact) mass is 547 g/mol. The van der Waals surface area contributed by atoms with E-state index in [9.17, 15) is 14.7 Å². The van der Waals surface area contributed by atoms with Gasteiger partial charge in [-0.3, -0.25) is 4.79 Å². The number of aromatic carboxylic acids is 1. The average molecular weight is 548 g/mol. The SMILES string of the molecule is CC12CCN(C(=O)CCc3ccc(C(=O)O)cc3)C(C)(C)C1CCC1(C)C2CCC2[C@H]3CCCC3(C)CC[C@]21C. The Bertz CT molecular complexity index is 1170. The second-order valence-corrected chi connectivity index (χ2v) is 16.3. The van der Waals surface area contributed by atoms with Gasteiger partial charge in [-0.25, -0.2) is 4.79 Å². The van der Waals surface area contributed by atoms with Gasteiger partial charge in [0.25, 0.3) is 0 Å². The normalized spacial score (nSPS) is 43.7. The third kappa shape index (κ3) is 3.89. The minimum absolute atomic E-state index is 0.146. The van der Waals surface area contributed by atoms with Crippen LogP contribution in [-0.2, 0) is 11.2 Å². The summed E-state index contributed by atoms with van der Waals surface area (Å²) in [5.74, 6) is 2.46. The number of hydrogen-bond donors (Lipinski definition) is 1. The number of carbonyl (C=O) groups is 2. The van der Waals surface area contributed by atoms with Gasteiger partial charge in [0.15, 0.2) is 0 Å². The van der Waals surface area contributed by atoms with Crippen LogP contribution in [0.3, 0.4) is 0 Å². The van der Waals surface area contributed by atoms with Gasteiger partial charge in [-0.2, -0.15) is 0 Å². The average Bonchev–Trinajstić information content (AvgIpc) is 3.29. The van der Waals surface area contributed by atoms with E-state index in [4.69, 9.17) is 0 Å². The topological polar surface area (TPSA) is 57.6 Å². The summed E-state index contributed by atoms with van der Waals surface area (Å²) in [7, 11) is 0. The molecular formula is C36H53NO3. The lowest BCUT2D eigenvalue weighted by molar-refractivity contribution is -0.238. The first-order chi connectivity index (χ1) is 18.8. The molecule has 0 bridgehead atoms. The van der Waals surface area contributed by atoms with Gasteiger partial charge in [-0.1, -0.05) is 46.2 Å². The molecule has 6 rings (SSSR count). The molecule has 40 heavy (non-hydrogen) atoms. The predicted molar refractivity (Wildman–Crippen MR) is 160 cm³/mol. The van der Waals surface area contributed by atoms with E-state index in [1.807, 2.05) is 12.1 Å². The van der Waals surface area contributed by atoms with Crippen molar-refractivity contribution < 1.29 is 14.7 Å². The highest BCUT2D eigenvalue weighted by atomic mass is 16.4. The van der Waals surface area contributed by atoms with Crippen molar-refractivity contribution in [2.24, 2.45) is 45.3 Å². The molecule has 220 valence electrons. The molecule has 1 saturated heterocycles. The molecule has 1 aromatic rings. The summed E-state index contributed by atoms with van der Waals surface area (Å²) in [6, 6.07) is 7.00. The number of likely N-dealkylation sites (tertiary alicyclic amines) is 1. The van der Waals surface area contributed by atoms with Gasteiger partial charge in [0.2, 0.25) is 5.91 Å². The maximum absolute atomic E-state index is 13.7. The molecule has 8 atom stereocenters. The molecule has 1 aliphatic heterocycles. The molecule has 4 saturated carbocycles. The van der Waals surface area contributed by atoms with Crippen molar-refractivity contribution in [3.05, 3.63) is 35.4 Å². The molecule has 5 fully saturated rings. The minimum atomic E-state index is -0.910. The first kappa shape index (κ1) is 28.3. The molecule has 5 aliphatic rings. The largest absolute Gasteiger partial charge is 0.478 e. The van der Waals surface area contributed by atoms with Crippen molar-refractivity contribution in [3.8, 4) is 0 Å². The van der Waals surface area contributed by atoms with Crippen LogP contribution in [0.2, 0.25) is 0 Å². The fraction of sp³-hybridized carbons (Fsp3) is 0.778. The third-order valence-electron chi connectivity index (χ3n) is 14.6. The Morgan fingerprint density at radius 3 is 2.23 bits per heavy atom. The molecule has 1 N–H and O–H groups in total. The molecule has 4 aliphatic carbocycles. The van der Waals surface area contributed by atoms with Crippen LogP contribution >= 0.6 is 0 Å². The standard InChI is InChI=1S/C36H53NO3/c1-32(2)28-17-19-36(6)29(15-14-27-26-8-7-18-33(26,3)20-21-35(27,36)5)34(28,4)22-23-37(32)30(38)16-11-24-9-12-25(13-10-24)31(39)40/h9-10,12-13,26-29H,7-8,11,14-23H2,1-6H3,(H,39,40)/t26-,27?,28?,29?,33?,34?,35-,36?/m1/s1. The van der Waals surface area contributed by atoms with E-state index in [1.165, 1.54) is 57.8 Å². The summed E-state index contributed by atoms with van der Waals surface area (Å²) < 4.78 is 0. The number of fused-ring (bicyclic) bond motifs is 7. The van der Waals surface area contributed by atoms with E-state index in [1.54, 1.807) is 12.1 Å². The van der Waals surface area contributed by atoms with E-state index in [0.717, 1.165) is 36.3 Å². The summed E-state index contributed by atoms with van der Waals surface area (Å²) >= 11 is 0. The molecule has 4 nitrogen and oxygen atoms in total. The molecule has 4 heteroatoms. The Balaban J connectivity index is 1.20. The van der Waals surface area contributed by atoms with Gasteiger partial charge in [0.1, 0.15) is 0 Å². The van der Waals surface area contributed by atoms with Crippen molar-refractivity contribution >= 4 is 11.9 Å². The molecule has 0 radical (unpaired) electrons. The number of nitrogens with zero attached hydrogens (tertiary/aromatic N) is 1. The van der Waals surface area contributed by atoms with Gasteiger partial charge in [0, 0.05) is 18.5 Å². The van der Waals surface area contributed by atoms with Crippen molar-refractivity contribution in [2.75, 3.05) is 6.54 Å². The number of benzene rings is 1. The van der Waals surface area contributed by atoms with E-state index in [0.29, 0.717) is 40.6 Å². The Hall–Kier alpha value is -1.84.